The van der Waals surface area contributed by atoms with E-state index in [1.54, 1.807) is 0 Å². The number of benzene rings is 1. The van der Waals surface area contributed by atoms with Crippen molar-refractivity contribution in [2.75, 3.05) is 6.54 Å². The number of alkyl halides is 5. The lowest BCUT2D eigenvalue weighted by molar-refractivity contribution is -0.137. The lowest BCUT2D eigenvalue weighted by atomic mass is 10.1. The molecule has 1 aromatic rings. The molecule has 1 saturated carbocycles. The third-order valence-corrected chi connectivity index (χ3v) is 5.76. The molecule has 0 saturated heterocycles. The third-order valence-electron chi connectivity index (χ3n) is 3.99. The second kappa shape index (κ2) is 6.75. The van der Waals surface area contributed by atoms with Crippen LogP contribution in [0.3, 0.4) is 0 Å². The minimum Gasteiger partial charge on any atom is -0.374 e. The standard InChI is InChI=1S/C15H15Cl4F3N2/c1-3-23-12(13(2)7-14(13,18)19)24-6-9-10(16)4-8(5-11(9)17)15(20,21)22/h4-5H,3,6-7H2,1-2H3,(H,23,24). The van der Waals surface area contributed by atoms with E-state index in [4.69, 9.17) is 46.4 Å². The maximum Gasteiger partial charge on any atom is 0.416 e. The van der Waals surface area contributed by atoms with Crippen LogP contribution in [0.25, 0.3) is 0 Å². The highest BCUT2D eigenvalue weighted by atomic mass is 35.5. The van der Waals surface area contributed by atoms with Gasteiger partial charge in [-0.15, -0.1) is 23.2 Å². The average Bonchev–Trinajstić information content (AvgIpc) is 2.95. The van der Waals surface area contributed by atoms with Gasteiger partial charge in [-0.3, -0.25) is 4.99 Å². The first-order chi connectivity index (χ1) is 10.9. The monoisotopic (exact) mass is 420 g/mol. The van der Waals surface area contributed by atoms with Crippen molar-refractivity contribution in [3.63, 3.8) is 0 Å². The van der Waals surface area contributed by atoms with E-state index in [1.807, 2.05) is 13.8 Å². The van der Waals surface area contributed by atoms with Crippen molar-refractivity contribution in [3.05, 3.63) is 33.3 Å². The van der Waals surface area contributed by atoms with Crippen molar-refractivity contribution >= 4 is 52.2 Å². The molecular formula is C15H15Cl4F3N2. The van der Waals surface area contributed by atoms with Crippen LogP contribution in [0.5, 0.6) is 0 Å². The smallest absolute Gasteiger partial charge is 0.374 e. The Morgan fingerprint density at radius 1 is 1.25 bits per heavy atom. The van der Waals surface area contributed by atoms with Gasteiger partial charge in [0, 0.05) is 22.2 Å². The van der Waals surface area contributed by atoms with Gasteiger partial charge in [0.25, 0.3) is 0 Å². The molecule has 134 valence electrons. The largest absolute Gasteiger partial charge is 0.416 e. The molecule has 1 aliphatic rings. The van der Waals surface area contributed by atoms with Crippen LogP contribution in [-0.4, -0.2) is 16.7 Å². The first-order valence-corrected chi connectivity index (χ1v) is 8.65. The van der Waals surface area contributed by atoms with Crippen molar-refractivity contribution < 1.29 is 13.2 Å². The number of nitrogens with one attached hydrogen (secondary N) is 1. The van der Waals surface area contributed by atoms with Gasteiger partial charge in [-0.2, -0.15) is 13.2 Å². The van der Waals surface area contributed by atoms with Gasteiger partial charge in [0.05, 0.1) is 17.5 Å². The summed E-state index contributed by atoms with van der Waals surface area (Å²) >= 11 is 24.2. The van der Waals surface area contributed by atoms with Crippen LogP contribution in [0.15, 0.2) is 17.1 Å². The molecule has 1 aliphatic carbocycles. The lowest BCUT2D eigenvalue weighted by Crippen LogP contribution is -2.33. The first kappa shape index (κ1) is 20.0. The Hall–Kier alpha value is -0.360. The van der Waals surface area contributed by atoms with Crippen molar-refractivity contribution in [3.8, 4) is 0 Å². The predicted molar refractivity (Wildman–Crippen MR) is 93.4 cm³/mol. The molecule has 2 nitrogen and oxygen atoms in total. The molecule has 0 bridgehead atoms. The summed E-state index contributed by atoms with van der Waals surface area (Å²) in [4.78, 5) is 4.41. The molecule has 0 radical (unpaired) electrons. The number of nitrogens with zero attached hydrogens (tertiary/aromatic N) is 1. The van der Waals surface area contributed by atoms with E-state index in [2.05, 4.69) is 10.3 Å². The molecule has 0 aliphatic heterocycles. The van der Waals surface area contributed by atoms with E-state index in [1.165, 1.54) is 0 Å². The number of halogens is 7. The van der Waals surface area contributed by atoms with Gasteiger partial charge < -0.3 is 5.32 Å². The minimum absolute atomic E-state index is 0.0254. The van der Waals surface area contributed by atoms with Crippen LogP contribution >= 0.6 is 46.4 Å². The molecule has 0 aromatic heterocycles. The van der Waals surface area contributed by atoms with E-state index in [-0.39, 0.29) is 16.6 Å². The molecule has 2 rings (SSSR count). The third kappa shape index (κ3) is 3.90. The van der Waals surface area contributed by atoms with E-state index in [0.29, 0.717) is 24.4 Å². The highest BCUT2D eigenvalue weighted by Gasteiger charge is 2.66. The molecule has 1 aromatic carbocycles. The Bertz CT molecular complexity index is 650. The zero-order chi connectivity index (χ0) is 18.3. The van der Waals surface area contributed by atoms with Crippen molar-refractivity contribution in [2.45, 2.75) is 37.3 Å². The van der Waals surface area contributed by atoms with Gasteiger partial charge >= 0.3 is 6.18 Å². The Morgan fingerprint density at radius 3 is 2.12 bits per heavy atom. The number of aliphatic imine (C=N–C) groups is 1. The van der Waals surface area contributed by atoms with E-state index in [0.717, 1.165) is 12.1 Å². The van der Waals surface area contributed by atoms with Crippen LogP contribution in [0, 0.1) is 5.41 Å². The summed E-state index contributed by atoms with van der Waals surface area (Å²) in [6.45, 7) is 4.39. The number of rotatable bonds is 4. The zero-order valence-corrected chi connectivity index (χ0v) is 15.9. The maximum absolute atomic E-state index is 12.8. The highest BCUT2D eigenvalue weighted by molar-refractivity contribution is 6.53. The van der Waals surface area contributed by atoms with Crippen molar-refractivity contribution in [2.24, 2.45) is 10.4 Å². The number of hydrogen-bond acceptors (Lipinski definition) is 1. The van der Waals surface area contributed by atoms with Gasteiger partial charge in [0.2, 0.25) is 0 Å². The lowest BCUT2D eigenvalue weighted by Gasteiger charge is -2.18. The van der Waals surface area contributed by atoms with Crippen LogP contribution in [0.4, 0.5) is 13.2 Å². The second-order valence-electron chi connectivity index (χ2n) is 5.82. The Kier molecular flexibility index (Phi) is 5.61. The molecule has 1 atom stereocenters. The summed E-state index contributed by atoms with van der Waals surface area (Å²) in [5, 5.41) is 2.93. The summed E-state index contributed by atoms with van der Waals surface area (Å²) in [6, 6.07) is 1.69. The molecule has 24 heavy (non-hydrogen) atoms. The summed E-state index contributed by atoms with van der Waals surface area (Å²) in [5.41, 5.74) is -1.11. The molecular weight excluding hydrogens is 407 g/mol. The van der Waals surface area contributed by atoms with Crippen LogP contribution in [0.1, 0.15) is 31.4 Å². The molecule has 0 spiro atoms. The van der Waals surface area contributed by atoms with Crippen LogP contribution in [-0.2, 0) is 12.7 Å². The summed E-state index contributed by atoms with van der Waals surface area (Å²) in [5.74, 6) is 0.585. The maximum atomic E-state index is 12.8. The highest BCUT2D eigenvalue weighted by Crippen LogP contribution is 2.64. The van der Waals surface area contributed by atoms with E-state index in [9.17, 15) is 13.2 Å². The average molecular weight is 422 g/mol. The van der Waals surface area contributed by atoms with E-state index >= 15 is 0 Å². The number of hydrogen-bond donors (Lipinski definition) is 1. The van der Waals surface area contributed by atoms with Gasteiger partial charge in [0.1, 0.15) is 10.2 Å². The molecule has 1 unspecified atom stereocenters. The SMILES string of the molecule is CCNC(=NCc1c(Cl)cc(C(F)(F)F)cc1Cl)C1(C)CC1(Cl)Cl. The molecule has 1 fully saturated rings. The Labute approximate surface area is 158 Å². The fraction of sp³-hybridized carbons (Fsp3) is 0.533. The van der Waals surface area contributed by atoms with Crippen LogP contribution in [0.2, 0.25) is 10.0 Å². The Balaban J connectivity index is 2.30. The molecule has 1 N–H and O–H groups in total. The van der Waals surface area contributed by atoms with Crippen molar-refractivity contribution in [1.29, 1.82) is 0 Å². The van der Waals surface area contributed by atoms with Gasteiger partial charge in [-0.05, 0) is 32.4 Å². The van der Waals surface area contributed by atoms with Gasteiger partial charge in [-0.1, -0.05) is 23.2 Å². The fourth-order valence-electron chi connectivity index (χ4n) is 2.33. The predicted octanol–water partition coefficient (Wildman–Crippen LogP) is 6.10. The first-order valence-electron chi connectivity index (χ1n) is 7.14. The summed E-state index contributed by atoms with van der Waals surface area (Å²) < 4.78 is 37.4. The molecule has 0 amide bonds. The zero-order valence-electron chi connectivity index (χ0n) is 12.9. The van der Waals surface area contributed by atoms with Crippen molar-refractivity contribution in [1.82, 2.24) is 5.32 Å². The molecule has 0 heterocycles. The van der Waals surface area contributed by atoms with Gasteiger partial charge in [0.15, 0.2) is 0 Å². The topological polar surface area (TPSA) is 24.4 Å². The summed E-state index contributed by atoms with van der Waals surface area (Å²) in [7, 11) is 0. The summed E-state index contributed by atoms with van der Waals surface area (Å²) in [6.07, 6.45) is -3.98. The molecule has 9 heteroatoms. The van der Waals surface area contributed by atoms with Gasteiger partial charge in [-0.25, -0.2) is 0 Å². The second-order valence-corrected chi connectivity index (χ2v) is 8.12. The minimum atomic E-state index is -4.51. The van der Waals surface area contributed by atoms with Crippen LogP contribution < -0.4 is 5.32 Å². The van der Waals surface area contributed by atoms with E-state index < -0.39 is 21.5 Å². The normalized spacial score (nSPS) is 23.3. The fourth-order valence-corrected chi connectivity index (χ4v) is 3.65. The number of amidine groups is 1. The Morgan fingerprint density at radius 2 is 1.75 bits per heavy atom. The quantitative estimate of drug-likeness (QED) is 0.354.